The van der Waals surface area contributed by atoms with Gasteiger partial charge in [-0.2, -0.15) is 0 Å². The van der Waals surface area contributed by atoms with Gasteiger partial charge in [0.1, 0.15) is 6.10 Å². The molecular formula is C18H20N6O2. The van der Waals surface area contributed by atoms with Crippen LogP contribution in [0.2, 0.25) is 0 Å². The van der Waals surface area contributed by atoms with Crippen molar-refractivity contribution >= 4 is 17.4 Å². The molecule has 26 heavy (non-hydrogen) atoms. The Balaban J connectivity index is 1.54. The van der Waals surface area contributed by atoms with Gasteiger partial charge in [-0.1, -0.05) is 0 Å². The van der Waals surface area contributed by atoms with E-state index < -0.39 is 0 Å². The van der Waals surface area contributed by atoms with Crippen molar-refractivity contribution in [3.05, 3.63) is 54.4 Å². The molecule has 8 nitrogen and oxygen atoms in total. The topological polar surface area (TPSA) is 75.9 Å². The van der Waals surface area contributed by atoms with Crippen LogP contribution >= 0.6 is 0 Å². The summed E-state index contributed by atoms with van der Waals surface area (Å²) >= 11 is 0. The van der Waals surface area contributed by atoms with Crippen molar-refractivity contribution in [2.24, 2.45) is 0 Å². The van der Waals surface area contributed by atoms with Gasteiger partial charge in [-0.3, -0.25) is 4.79 Å². The Morgan fingerprint density at radius 2 is 2.23 bits per heavy atom. The lowest BCUT2D eigenvalue weighted by atomic mass is 10.1. The van der Waals surface area contributed by atoms with Gasteiger partial charge < -0.3 is 18.9 Å². The summed E-state index contributed by atoms with van der Waals surface area (Å²) in [6.45, 7) is 1.51. The molecule has 1 aliphatic rings. The van der Waals surface area contributed by atoms with Crippen molar-refractivity contribution in [1.82, 2.24) is 24.3 Å². The molecule has 8 heteroatoms. The number of morpholine rings is 1. The number of nitrogens with zero attached hydrogens (tertiary/aromatic N) is 6. The van der Waals surface area contributed by atoms with E-state index in [4.69, 9.17) is 4.74 Å². The molecule has 134 valence electrons. The van der Waals surface area contributed by atoms with Crippen LogP contribution in [0.25, 0.3) is 5.52 Å². The van der Waals surface area contributed by atoms with E-state index in [1.165, 1.54) is 0 Å². The van der Waals surface area contributed by atoms with E-state index in [-0.39, 0.29) is 12.0 Å². The lowest BCUT2D eigenvalue weighted by Crippen LogP contribution is -2.42. The van der Waals surface area contributed by atoms with Crippen LogP contribution in [-0.4, -0.2) is 64.0 Å². The van der Waals surface area contributed by atoms with Crippen molar-refractivity contribution in [1.29, 1.82) is 0 Å². The van der Waals surface area contributed by atoms with Gasteiger partial charge in [0, 0.05) is 38.6 Å². The molecule has 0 spiro atoms. The first-order valence-electron chi connectivity index (χ1n) is 8.44. The van der Waals surface area contributed by atoms with Crippen LogP contribution in [0.15, 0.2) is 43.1 Å². The summed E-state index contributed by atoms with van der Waals surface area (Å²) in [5.41, 5.74) is 2.33. The second kappa shape index (κ2) is 6.72. The van der Waals surface area contributed by atoms with Gasteiger partial charge in [0.15, 0.2) is 0 Å². The second-order valence-corrected chi connectivity index (χ2v) is 6.43. The Morgan fingerprint density at radius 1 is 1.35 bits per heavy atom. The second-order valence-electron chi connectivity index (χ2n) is 6.43. The fraction of sp³-hybridized carbons (Fsp3) is 0.333. The highest BCUT2D eigenvalue weighted by Gasteiger charge is 2.27. The highest BCUT2D eigenvalue weighted by atomic mass is 16.5. The van der Waals surface area contributed by atoms with Crippen molar-refractivity contribution in [3.8, 4) is 0 Å². The lowest BCUT2D eigenvalue weighted by molar-refractivity contribution is -0.0247. The van der Waals surface area contributed by atoms with Crippen LogP contribution in [0.1, 0.15) is 22.2 Å². The van der Waals surface area contributed by atoms with Gasteiger partial charge in [0.25, 0.3) is 5.91 Å². The highest BCUT2D eigenvalue weighted by molar-refractivity contribution is 5.95. The number of anilines is 1. The third-order valence-electron chi connectivity index (χ3n) is 4.41. The molecular weight excluding hydrogens is 332 g/mol. The van der Waals surface area contributed by atoms with Gasteiger partial charge in [-0.15, -0.1) is 0 Å². The summed E-state index contributed by atoms with van der Waals surface area (Å²) in [5, 5.41) is 0. The summed E-state index contributed by atoms with van der Waals surface area (Å²) in [6.07, 6.45) is 6.76. The number of hydrogen-bond acceptors (Lipinski definition) is 6. The van der Waals surface area contributed by atoms with E-state index in [2.05, 4.69) is 15.0 Å². The van der Waals surface area contributed by atoms with Crippen LogP contribution in [0, 0.1) is 0 Å². The molecule has 1 amide bonds. The maximum atomic E-state index is 12.9. The Bertz CT molecular complexity index is 938. The first-order valence-corrected chi connectivity index (χ1v) is 8.44. The Labute approximate surface area is 151 Å². The number of pyridine rings is 1. The molecule has 0 aliphatic carbocycles. The van der Waals surface area contributed by atoms with Crippen LogP contribution in [0.3, 0.4) is 0 Å². The number of hydrogen-bond donors (Lipinski definition) is 0. The fourth-order valence-corrected chi connectivity index (χ4v) is 3.00. The molecule has 1 aliphatic heterocycles. The van der Waals surface area contributed by atoms with Crippen LogP contribution in [0.5, 0.6) is 0 Å². The molecule has 0 aromatic carbocycles. The van der Waals surface area contributed by atoms with Crippen LogP contribution in [-0.2, 0) is 4.74 Å². The highest BCUT2D eigenvalue weighted by Crippen LogP contribution is 2.23. The number of fused-ring (bicyclic) bond motifs is 1. The summed E-state index contributed by atoms with van der Waals surface area (Å²) in [7, 11) is 3.78. The third-order valence-corrected chi connectivity index (χ3v) is 4.41. The zero-order chi connectivity index (χ0) is 18.1. The summed E-state index contributed by atoms with van der Waals surface area (Å²) in [6, 6.07) is 5.51. The third kappa shape index (κ3) is 3.11. The summed E-state index contributed by atoms with van der Waals surface area (Å²) < 4.78 is 7.73. The largest absolute Gasteiger partial charge is 0.368 e. The number of ether oxygens (including phenoxy) is 1. The molecule has 3 aromatic rings. The molecule has 1 fully saturated rings. The van der Waals surface area contributed by atoms with Gasteiger partial charge >= 0.3 is 0 Å². The smallest absolute Gasteiger partial charge is 0.254 e. The molecule has 1 saturated heterocycles. The number of aromatic nitrogens is 4. The normalized spacial score (nSPS) is 17.5. The van der Waals surface area contributed by atoms with Gasteiger partial charge in [-0.05, 0) is 18.2 Å². The summed E-state index contributed by atoms with van der Waals surface area (Å²) in [5.74, 6) is 0.615. The minimum absolute atomic E-state index is 0.0103. The Hall–Kier alpha value is -3.00. The standard InChI is InChI=1S/C18H20N6O2/c1-22(2)18-20-5-3-15(21-18)16-11-23(7-8-26-16)17(25)13-4-6-24-12-19-10-14(24)9-13/h3-6,9-10,12,16H,7-8,11H2,1-2H3. The number of carbonyl (C=O) groups excluding carboxylic acids is 1. The van der Waals surface area contributed by atoms with E-state index in [9.17, 15) is 4.79 Å². The molecule has 4 heterocycles. The molecule has 3 aromatic heterocycles. The molecule has 1 unspecified atom stereocenters. The van der Waals surface area contributed by atoms with E-state index in [1.54, 1.807) is 18.7 Å². The first kappa shape index (κ1) is 16.5. The zero-order valence-corrected chi connectivity index (χ0v) is 14.7. The SMILES string of the molecule is CN(C)c1nccc(C2CN(C(=O)c3ccn4cncc4c3)CCO2)n1. The lowest BCUT2D eigenvalue weighted by Gasteiger charge is -2.33. The molecule has 1 atom stereocenters. The van der Waals surface area contributed by atoms with Crippen molar-refractivity contribution in [2.75, 3.05) is 38.7 Å². The van der Waals surface area contributed by atoms with Crippen LogP contribution < -0.4 is 4.90 Å². The maximum Gasteiger partial charge on any atom is 0.254 e. The Kier molecular flexibility index (Phi) is 4.26. The zero-order valence-electron chi connectivity index (χ0n) is 14.7. The average Bonchev–Trinajstić information content (AvgIpc) is 3.15. The van der Waals surface area contributed by atoms with E-state index in [1.807, 2.05) is 52.7 Å². The fourth-order valence-electron chi connectivity index (χ4n) is 3.00. The quantitative estimate of drug-likeness (QED) is 0.709. The monoisotopic (exact) mass is 352 g/mol. The minimum atomic E-state index is -0.256. The van der Waals surface area contributed by atoms with Crippen LogP contribution in [0.4, 0.5) is 5.95 Å². The average molecular weight is 352 g/mol. The minimum Gasteiger partial charge on any atom is -0.368 e. The van der Waals surface area contributed by atoms with Gasteiger partial charge in [-0.25, -0.2) is 15.0 Å². The van der Waals surface area contributed by atoms with E-state index >= 15 is 0 Å². The molecule has 0 N–H and O–H groups in total. The van der Waals surface area contributed by atoms with Crippen molar-refractivity contribution < 1.29 is 9.53 Å². The Morgan fingerprint density at radius 3 is 3.08 bits per heavy atom. The maximum absolute atomic E-state index is 12.9. The number of carbonyl (C=O) groups is 1. The summed E-state index contributed by atoms with van der Waals surface area (Å²) in [4.78, 5) is 29.4. The predicted molar refractivity (Wildman–Crippen MR) is 96.1 cm³/mol. The van der Waals surface area contributed by atoms with Gasteiger partial charge in [0.2, 0.25) is 5.95 Å². The number of amides is 1. The van der Waals surface area contributed by atoms with Crippen molar-refractivity contribution in [2.45, 2.75) is 6.10 Å². The predicted octanol–water partition coefficient (Wildman–Crippen LogP) is 1.40. The molecule has 4 rings (SSSR count). The number of rotatable bonds is 3. The van der Waals surface area contributed by atoms with E-state index in [0.717, 1.165) is 11.2 Å². The van der Waals surface area contributed by atoms with Gasteiger partial charge in [0.05, 0.1) is 36.9 Å². The molecule has 0 bridgehead atoms. The first-order chi connectivity index (χ1) is 12.6. The van der Waals surface area contributed by atoms with E-state index in [0.29, 0.717) is 31.2 Å². The van der Waals surface area contributed by atoms with Crippen molar-refractivity contribution in [3.63, 3.8) is 0 Å². The molecule has 0 radical (unpaired) electrons. The number of imidazole rings is 1. The molecule has 0 saturated carbocycles.